The molecular formula is C80H126Cl2N21O35P5. The minimum absolute atomic E-state index is 0.0355. The zero-order chi connectivity index (χ0) is 106. The highest BCUT2D eigenvalue weighted by Crippen LogP contribution is 2.64. The highest BCUT2D eigenvalue weighted by atomic mass is 35.9. The van der Waals surface area contributed by atoms with E-state index in [-0.39, 0.29) is 76.5 Å². The highest BCUT2D eigenvalue weighted by Gasteiger charge is 2.65. The minimum atomic E-state index is -3.91. The summed E-state index contributed by atoms with van der Waals surface area (Å²) in [6.45, 7) is 28.4. The molecule has 5 aromatic heterocycles. The number of hydrogen-bond acceptors (Lipinski definition) is 40. The summed E-state index contributed by atoms with van der Waals surface area (Å²) in [4.78, 5) is 136. The number of fused-ring (bicyclic) bond motifs is 4. The van der Waals surface area contributed by atoms with Gasteiger partial charge in [-0.15, -0.1) is 0 Å². The van der Waals surface area contributed by atoms with Crippen LogP contribution < -0.4 is 67.7 Å². The molecule has 9 fully saturated rings. The second-order valence-electron chi connectivity index (χ2n) is 35.7. The summed E-state index contributed by atoms with van der Waals surface area (Å²) in [6, 6.07) is 5.78. The topological polar surface area (TPSA) is 765 Å². The van der Waals surface area contributed by atoms with Gasteiger partial charge in [0.25, 0.3) is 27.8 Å². The van der Waals surface area contributed by atoms with Crippen LogP contribution >= 0.6 is 59.8 Å². The summed E-state index contributed by atoms with van der Waals surface area (Å²) in [5, 5.41) is 30.3. The summed E-state index contributed by atoms with van der Waals surface area (Å²) in [5.41, 5.74) is 26.5. The molecule has 11 N–H and O–H groups in total. The molecule has 14 heterocycles. The van der Waals surface area contributed by atoms with Gasteiger partial charge in [0, 0.05) is 76.1 Å². The lowest BCUT2D eigenvalue weighted by Gasteiger charge is -2.36. The van der Waals surface area contributed by atoms with Crippen molar-refractivity contribution >= 4 is 59.8 Å². The van der Waals surface area contributed by atoms with Crippen LogP contribution in [0.25, 0.3) is 31.3 Å². The Morgan fingerprint density at radius 3 is 0.867 bits per heavy atom. The second kappa shape index (κ2) is 50.9. The van der Waals surface area contributed by atoms with E-state index in [2.05, 4.69) is 50.0 Å². The predicted octanol–water partition coefficient (Wildman–Crippen LogP) is 10.1. The third kappa shape index (κ3) is 28.8. The van der Waals surface area contributed by atoms with Crippen molar-refractivity contribution in [1.29, 1.82) is 0 Å². The number of aromatic nitrogens is 10. The lowest BCUT2D eigenvalue weighted by atomic mass is 9.93. The molecule has 9 aliphatic rings. The maximum Gasteiger partial charge on any atom is 0.475 e. The van der Waals surface area contributed by atoms with Crippen LogP contribution in [-0.2, 0) is 105 Å². The SMILES string of the molecule is CCC(CC)COP(=O)(Cl)Cl.CCC(CC)CO[P@@]1(=O)OC[C@H]2O[C@@H](n3ccc(=O)[nH]c3=O)[C@](C)(N)[C@@H]2O1.CCC(CC)CO[P@@]1(=O)OC[C@H]2O[C@@H](n3ccc(=O)[nH]c3=O)[C@](C)(N=[N+]=[N-])[C@@H]2O1.CCC(CC)CO[P@]1(=O)OC[C@H]2O[C@@H](n3ccc(=O)[nH]c3=O)[C@](C)(N)[C@@H]2O1.CCC(CC)CO[P@]1(=O)OC[C@H]2O[C@@H](n3ccc(=O)[nH]c3=O)[C@](C)(N=[N+]=[N-])[C@@H]2O1.C[C@@]1(N=[N+]=[N-])[C@H](O)[C@@H](CO)O[C@H]1n1ccc(=O)[nH]c1=O. The average molecular weight is 2170 g/mol. The van der Waals surface area contributed by atoms with Gasteiger partial charge in [0.1, 0.15) is 71.6 Å². The first-order chi connectivity index (χ1) is 67.3. The van der Waals surface area contributed by atoms with Crippen molar-refractivity contribution in [3.63, 3.8) is 0 Å². The zero-order valence-electron chi connectivity index (χ0n) is 81.2. The summed E-state index contributed by atoms with van der Waals surface area (Å²) < 4.78 is 167. The van der Waals surface area contributed by atoms with E-state index in [0.29, 0.717) is 12.5 Å². The molecule has 800 valence electrons. The fourth-order valence-electron chi connectivity index (χ4n) is 16.5. The van der Waals surface area contributed by atoms with E-state index in [1.165, 1.54) is 73.0 Å². The average Bonchev–Trinajstić information content (AvgIpc) is 1.59. The van der Waals surface area contributed by atoms with Crippen LogP contribution in [0.15, 0.2) is 125 Å². The third-order valence-electron chi connectivity index (χ3n) is 25.9. The lowest BCUT2D eigenvalue weighted by Crippen LogP contribution is -2.55. The van der Waals surface area contributed by atoms with Crippen LogP contribution in [0.5, 0.6) is 0 Å². The zero-order valence-corrected chi connectivity index (χ0v) is 87.2. The van der Waals surface area contributed by atoms with Crippen LogP contribution in [-0.4, -0.2) is 213 Å². The molecule has 0 bridgehead atoms. The molecule has 0 amide bonds. The molecule has 24 atom stereocenters. The standard InChI is InChI=1S/2C16H24N5O7P.2C16H26N3O7P.C10H13N5O5.C6H13Cl2O2P/c2*1-4-10(5-2)8-25-29(24)26-9-11-13(28-29)16(3,19-20-17)14(27-11)21-7-6-12(22)18-15(21)23;2*1-4-10(5-2)8-23-27(22)24-9-11-13(26-27)16(3,17)14(25-11)19-7-6-12(20)18-15(19)21;1-10(13-14-11)7(18)5(4-16)20-8(10)15-3-2-6(17)12-9(15)19;1-3-6(4-2)5-10-11(7,8)9/h2*6-7,10-11,13-14H,4-5,8-9H2,1-3H3,(H,18,22,23);2*6-7,10-11,13-14H,4-5,8-9,17H2,1-3H3,(H,18,20,21);2-3,5,7-8,16,18H,4H2,1H3,(H,12,17,19);6H,3-5H2,1-2H3/t11-,13-,14-,16-,29+;11-,13-,14-,16-,29-;11-,13-,14-,16-,27+;11-,13-,14-,16-,27-;5-,7-,8-,10-;/m11111./s1. The fraction of sp³-hybridized carbons (Fsp3) is 0.750. The van der Waals surface area contributed by atoms with Gasteiger partial charge in [0.15, 0.2) is 31.1 Å². The molecular weight excluding hydrogens is 2040 g/mol. The molecule has 63 heteroatoms. The van der Waals surface area contributed by atoms with Gasteiger partial charge in [-0.1, -0.05) is 149 Å². The summed E-state index contributed by atoms with van der Waals surface area (Å²) >= 11 is 10.4. The van der Waals surface area contributed by atoms with Crippen LogP contribution in [0.4, 0.5) is 0 Å². The van der Waals surface area contributed by atoms with E-state index in [4.69, 9.17) is 138 Å². The first-order valence-corrected chi connectivity index (χ1v) is 55.5. The number of rotatable bonds is 34. The first-order valence-electron chi connectivity index (χ1n) is 46.2. The second-order valence-corrected chi connectivity index (χ2v) is 46.5. The van der Waals surface area contributed by atoms with Crippen molar-refractivity contribution in [2.75, 3.05) is 66.1 Å². The van der Waals surface area contributed by atoms with Crippen LogP contribution in [0, 0.1) is 29.6 Å². The van der Waals surface area contributed by atoms with Gasteiger partial charge in [0.2, 0.25) is 0 Å². The van der Waals surface area contributed by atoms with Gasteiger partial charge in [0.05, 0.1) is 83.3 Å². The Morgan fingerprint density at radius 1 is 0.406 bits per heavy atom. The molecule has 0 radical (unpaired) electrons. The molecule has 9 saturated heterocycles. The number of azide groups is 3. The number of aliphatic hydroxyl groups is 2. The van der Waals surface area contributed by atoms with Crippen molar-refractivity contribution in [2.24, 2.45) is 56.4 Å². The Bertz CT molecular complexity index is 5910. The summed E-state index contributed by atoms with van der Waals surface area (Å²) in [6.07, 6.45) is -1.98. The van der Waals surface area contributed by atoms with E-state index in [1.54, 1.807) is 13.8 Å². The molecule has 0 spiro atoms. The number of ether oxygens (including phenoxy) is 5. The van der Waals surface area contributed by atoms with Gasteiger partial charge in [-0.25, -0.2) is 42.2 Å². The first kappa shape index (κ1) is 119. The largest absolute Gasteiger partial charge is 0.475 e. The number of hydrogen-bond donors (Lipinski definition) is 9. The van der Waals surface area contributed by atoms with Gasteiger partial charge in [-0.05, 0) is 103 Å². The van der Waals surface area contributed by atoms with E-state index >= 15 is 0 Å². The number of aromatic amines is 5. The fourth-order valence-corrected chi connectivity index (χ4v) is 23.5. The van der Waals surface area contributed by atoms with E-state index in [9.17, 15) is 75.9 Å². The van der Waals surface area contributed by atoms with Crippen molar-refractivity contribution in [1.82, 2.24) is 47.8 Å². The molecule has 0 saturated carbocycles. The van der Waals surface area contributed by atoms with Crippen molar-refractivity contribution in [3.8, 4) is 0 Å². The van der Waals surface area contributed by atoms with Crippen molar-refractivity contribution in [2.45, 2.75) is 288 Å². The van der Waals surface area contributed by atoms with Crippen LogP contribution in [0.3, 0.4) is 0 Å². The molecule has 5 aromatic rings. The van der Waals surface area contributed by atoms with E-state index in [1.807, 2.05) is 74.2 Å². The number of H-pyrrole nitrogens is 5. The third-order valence-corrected chi connectivity index (χ3v) is 32.6. The number of nitrogens with two attached hydrogens (primary N) is 2. The number of nitrogens with zero attached hydrogens (tertiary/aromatic N) is 14. The minimum Gasteiger partial charge on any atom is -0.394 e. The van der Waals surface area contributed by atoms with Gasteiger partial charge in [-0.2, -0.15) is 0 Å². The Balaban J connectivity index is 0.000000195. The summed E-state index contributed by atoms with van der Waals surface area (Å²) in [5.74, 6) is 1.29. The monoisotopic (exact) mass is 2170 g/mol. The molecule has 0 aromatic carbocycles. The van der Waals surface area contributed by atoms with Crippen molar-refractivity contribution in [3.05, 3.63) is 197 Å². The maximum atomic E-state index is 13.0. The molecule has 14 rings (SSSR count). The Labute approximate surface area is 826 Å². The van der Waals surface area contributed by atoms with E-state index in [0.717, 1.165) is 96.1 Å². The molecule has 143 heavy (non-hydrogen) atoms. The molecule has 9 aliphatic heterocycles. The number of phosphoric ester groups is 4. The highest BCUT2D eigenvalue weighted by molar-refractivity contribution is 8.05. The number of halogens is 2. The predicted molar refractivity (Wildman–Crippen MR) is 510 cm³/mol. The lowest BCUT2D eigenvalue weighted by molar-refractivity contribution is -0.0734. The Morgan fingerprint density at radius 2 is 0.629 bits per heavy atom. The number of phosphoric acid groups is 4. The Kier molecular flexibility index (Phi) is 42.3. The number of nitrogens with one attached hydrogen (secondary N) is 5. The van der Waals surface area contributed by atoms with E-state index < -0.39 is 220 Å². The number of aliphatic hydroxyl groups excluding tert-OH is 2. The Hall–Kier alpha value is -7.82. The normalized spacial score (nSPS) is 33.0. The summed E-state index contributed by atoms with van der Waals surface area (Å²) in [7, 11) is -15.4. The van der Waals surface area contributed by atoms with Crippen molar-refractivity contribution < 1.29 is 116 Å². The smallest absolute Gasteiger partial charge is 0.394 e. The maximum absolute atomic E-state index is 13.0. The molecule has 0 aliphatic carbocycles. The molecule has 56 nitrogen and oxygen atoms in total. The van der Waals surface area contributed by atoms with Gasteiger partial charge >= 0.3 is 65.8 Å². The van der Waals surface area contributed by atoms with Gasteiger partial charge in [-0.3, -0.25) is 131 Å². The molecule has 0 unspecified atom stereocenters. The van der Waals surface area contributed by atoms with Gasteiger partial charge < -0.3 is 49.9 Å². The quantitative estimate of drug-likeness (QED) is 0.00800. The van der Waals surface area contributed by atoms with Crippen LogP contribution in [0.1, 0.15) is 199 Å². The van der Waals surface area contributed by atoms with Crippen LogP contribution in [0.2, 0.25) is 0 Å².